The summed E-state index contributed by atoms with van der Waals surface area (Å²) in [6.07, 6.45) is -0.311. The van der Waals surface area contributed by atoms with E-state index in [1.807, 2.05) is 19.1 Å². The van der Waals surface area contributed by atoms with Crippen molar-refractivity contribution in [2.75, 3.05) is 44.8 Å². The fourth-order valence-corrected chi connectivity index (χ4v) is 6.76. The molecule has 268 valence electrons. The van der Waals surface area contributed by atoms with Crippen LogP contribution in [0.4, 0.5) is 14.9 Å². The number of rotatable bonds is 3. The Kier molecular flexibility index (Phi) is 9.66. The Labute approximate surface area is 299 Å². The van der Waals surface area contributed by atoms with E-state index in [1.54, 1.807) is 64.4 Å². The quantitative estimate of drug-likeness (QED) is 0.286. The number of amides is 5. The van der Waals surface area contributed by atoms with Gasteiger partial charge in [-0.2, -0.15) is 0 Å². The number of hydrogen-bond acceptors (Lipinski definition) is 7. The third kappa shape index (κ3) is 7.34. The van der Waals surface area contributed by atoms with Gasteiger partial charge in [0.1, 0.15) is 29.2 Å². The lowest BCUT2D eigenvalue weighted by atomic mass is 9.98. The van der Waals surface area contributed by atoms with E-state index >= 15 is 0 Å². The molecule has 0 spiro atoms. The van der Waals surface area contributed by atoms with E-state index in [4.69, 9.17) is 14.2 Å². The Balaban J connectivity index is 1.22. The Bertz CT molecular complexity index is 2060. The van der Waals surface area contributed by atoms with Crippen molar-refractivity contribution >= 4 is 29.4 Å². The van der Waals surface area contributed by atoms with Crippen molar-refractivity contribution in [2.45, 2.75) is 32.0 Å². The molecule has 13 heteroatoms. The topological polar surface area (TPSA) is 139 Å². The van der Waals surface area contributed by atoms with Gasteiger partial charge in [-0.3, -0.25) is 19.3 Å². The largest absolute Gasteiger partial charge is 0.496 e. The van der Waals surface area contributed by atoms with Gasteiger partial charge >= 0.3 is 6.03 Å². The van der Waals surface area contributed by atoms with Crippen LogP contribution in [0.5, 0.6) is 17.2 Å². The second kappa shape index (κ2) is 14.6. The lowest BCUT2D eigenvalue weighted by molar-refractivity contribution is -0.123. The summed E-state index contributed by atoms with van der Waals surface area (Å²) >= 11 is 0. The molecule has 3 heterocycles. The summed E-state index contributed by atoms with van der Waals surface area (Å²) < 4.78 is 32.6. The number of piperidine rings is 1. The number of benzene rings is 4. The number of carbonyl (C=O) groups is 4. The summed E-state index contributed by atoms with van der Waals surface area (Å²) in [7, 11) is 1.54. The number of aryl methyl sites for hydroxylation is 1. The Hall–Kier alpha value is -6.11. The molecule has 0 radical (unpaired) electrons. The third-order valence-corrected chi connectivity index (χ3v) is 9.44. The first-order valence-corrected chi connectivity index (χ1v) is 17.1. The van der Waals surface area contributed by atoms with Crippen LogP contribution in [0.3, 0.4) is 0 Å². The monoisotopic (exact) mass is 707 g/mol. The molecule has 2 atom stereocenters. The van der Waals surface area contributed by atoms with Gasteiger partial charge in [0.05, 0.1) is 13.2 Å². The van der Waals surface area contributed by atoms with Crippen molar-refractivity contribution in [3.8, 4) is 28.4 Å². The van der Waals surface area contributed by atoms with E-state index in [0.29, 0.717) is 71.1 Å². The molecular formula is C39H38FN5O7. The zero-order valence-corrected chi connectivity index (χ0v) is 28.7. The number of nitrogens with one attached hydrogen (secondary N) is 3. The molecular weight excluding hydrogens is 669 g/mol. The van der Waals surface area contributed by atoms with Crippen LogP contribution in [0.15, 0.2) is 78.9 Å². The number of carbonyl (C=O) groups excluding carboxylic acids is 4. The van der Waals surface area contributed by atoms with Crippen molar-refractivity contribution in [3.05, 3.63) is 107 Å². The van der Waals surface area contributed by atoms with Gasteiger partial charge in [-0.05, 0) is 78.2 Å². The number of halogens is 1. The molecule has 4 aromatic carbocycles. The molecule has 3 N–H and O–H groups in total. The summed E-state index contributed by atoms with van der Waals surface area (Å²) in [6, 6.07) is 20.7. The summed E-state index contributed by atoms with van der Waals surface area (Å²) in [5.74, 6) is -0.442. The molecule has 4 aromatic rings. The molecule has 0 saturated carbocycles. The molecule has 5 amide bonds. The average Bonchev–Trinajstić information content (AvgIpc) is 3.58. The maximum Gasteiger partial charge on any atom is 0.322 e. The van der Waals surface area contributed by atoms with Crippen LogP contribution in [0.1, 0.15) is 38.3 Å². The molecule has 3 aliphatic rings. The van der Waals surface area contributed by atoms with E-state index < -0.39 is 29.8 Å². The number of ether oxygens (including phenoxy) is 3. The fourth-order valence-electron chi connectivity index (χ4n) is 6.76. The molecule has 0 unspecified atom stereocenters. The van der Waals surface area contributed by atoms with Crippen molar-refractivity contribution in [3.63, 3.8) is 0 Å². The van der Waals surface area contributed by atoms with Crippen molar-refractivity contribution in [2.24, 2.45) is 0 Å². The van der Waals surface area contributed by atoms with E-state index in [2.05, 4.69) is 16.0 Å². The van der Waals surface area contributed by atoms with Gasteiger partial charge in [0, 0.05) is 67.6 Å². The van der Waals surface area contributed by atoms with Crippen LogP contribution >= 0.6 is 0 Å². The second-order valence-electron chi connectivity index (χ2n) is 13.0. The van der Waals surface area contributed by atoms with Gasteiger partial charge in [0.2, 0.25) is 0 Å². The number of fused-ring (bicyclic) bond motifs is 8. The van der Waals surface area contributed by atoms with E-state index in [1.165, 1.54) is 19.2 Å². The standard InChI is InChI=1S/C39H38FN5O7/c1-23-6-7-27(18-33(23)45-13-11-41-39(45)49)38(48)44-12-10-35-32(21-44)43-37(47)26-8-9-34(50-2)31(17-26)25-4-3-5-29(16-25)51-22-36(46)42-20-24-14-28(40)19-30(15-24)52-35/h3-9,14-19,32,35H,10-13,20-22H2,1-2H3,(H,41,49)(H,42,46)(H,43,47)/t32-,35-/m1/s1. The Morgan fingerprint density at radius 1 is 0.923 bits per heavy atom. The summed E-state index contributed by atoms with van der Waals surface area (Å²) in [5, 5.41) is 8.64. The normalized spacial score (nSPS) is 19.0. The highest BCUT2D eigenvalue weighted by Gasteiger charge is 2.35. The minimum atomic E-state index is -0.699. The zero-order chi connectivity index (χ0) is 36.4. The van der Waals surface area contributed by atoms with Gasteiger partial charge in [-0.15, -0.1) is 0 Å². The van der Waals surface area contributed by atoms with Crippen LogP contribution in [0.2, 0.25) is 0 Å². The van der Waals surface area contributed by atoms with Gasteiger partial charge < -0.3 is 35.1 Å². The number of urea groups is 1. The lowest BCUT2D eigenvalue weighted by Gasteiger charge is -2.39. The van der Waals surface area contributed by atoms with Crippen LogP contribution < -0.4 is 35.1 Å². The Morgan fingerprint density at radius 2 is 1.79 bits per heavy atom. The van der Waals surface area contributed by atoms with Crippen molar-refractivity contribution < 1.29 is 37.8 Å². The number of hydrogen-bond donors (Lipinski definition) is 3. The summed E-state index contributed by atoms with van der Waals surface area (Å²) in [5.41, 5.74) is 4.07. The first kappa shape index (κ1) is 34.3. The number of nitrogens with zero attached hydrogens (tertiary/aromatic N) is 2. The van der Waals surface area contributed by atoms with E-state index in [0.717, 1.165) is 5.56 Å². The molecule has 2 fully saturated rings. The summed E-state index contributed by atoms with van der Waals surface area (Å²) in [6.45, 7) is 3.06. The molecule has 52 heavy (non-hydrogen) atoms. The highest BCUT2D eigenvalue weighted by Crippen LogP contribution is 2.33. The predicted molar refractivity (Wildman–Crippen MR) is 190 cm³/mol. The van der Waals surface area contributed by atoms with Gasteiger partial charge in [-0.1, -0.05) is 18.2 Å². The molecule has 7 rings (SSSR count). The van der Waals surface area contributed by atoms with E-state index in [-0.39, 0.29) is 37.4 Å². The minimum Gasteiger partial charge on any atom is -0.496 e. The third-order valence-electron chi connectivity index (χ3n) is 9.44. The van der Waals surface area contributed by atoms with Crippen LogP contribution in [0, 0.1) is 12.7 Å². The maximum atomic E-state index is 14.8. The van der Waals surface area contributed by atoms with E-state index in [9.17, 15) is 23.6 Å². The minimum absolute atomic E-state index is 0.0319. The fraction of sp³-hybridized carbons (Fsp3) is 0.282. The lowest BCUT2D eigenvalue weighted by Crippen LogP contribution is -2.58. The summed E-state index contributed by atoms with van der Waals surface area (Å²) in [4.78, 5) is 56.4. The molecule has 2 saturated heterocycles. The van der Waals surface area contributed by atoms with Crippen molar-refractivity contribution in [1.29, 1.82) is 0 Å². The number of anilines is 1. The number of methoxy groups -OCH3 is 1. The van der Waals surface area contributed by atoms with Crippen LogP contribution in [-0.4, -0.2) is 80.7 Å². The zero-order valence-electron chi connectivity index (χ0n) is 28.7. The smallest absolute Gasteiger partial charge is 0.322 e. The van der Waals surface area contributed by atoms with Gasteiger partial charge in [0.25, 0.3) is 17.7 Å². The van der Waals surface area contributed by atoms with Crippen LogP contribution in [0.25, 0.3) is 11.1 Å². The molecule has 3 aliphatic heterocycles. The van der Waals surface area contributed by atoms with Gasteiger partial charge in [-0.25, -0.2) is 9.18 Å². The molecule has 0 aromatic heterocycles. The van der Waals surface area contributed by atoms with Gasteiger partial charge in [0.15, 0.2) is 6.61 Å². The maximum absolute atomic E-state index is 14.8. The SMILES string of the molecule is COc1ccc2cc1-c1cccc(c1)OCC(=O)NCc1cc(F)cc(c1)O[C@@H]1CCN(C(=O)c3ccc(C)c(N4CCNC4=O)c3)C[C@H]1NC2=O. The second-order valence-corrected chi connectivity index (χ2v) is 13.0. The first-order chi connectivity index (χ1) is 25.1. The first-order valence-electron chi connectivity index (χ1n) is 17.1. The van der Waals surface area contributed by atoms with Crippen LogP contribution in [-0.2, 0) is 11.3 Å². The Morgan fingerprint density at radius 3 is 2.60 bits per heavy atom. The molecule has 12 nitrogen and oxygen atoms in total. The molecule has 0 aliphatic carbocycles. The average molecular weight is 708 g/mol. The van der Waals surface area contributed by atoms with Crippen molar-refractivity contribution in [1.82, 2.24) is 20.9 Å². The highest BCUT2D eigenvalue weighted by atomic mass is 19.1. The molecule has 6 bridgehead atoms. The number of likely N-dealkylation sites (tertiary alicyclic amines) is 1. The predicted octanol–water partition coefficient (Wildman–Crippen LogP) is 4.44. The highest BCUT2D eigenvalue weighted by molar-refractivity contribution is 6.00.